The molecule has 0 saturated carbocycles. The monoisotopic (exact) mass is 90.0 g/mol. The summed E-state index contributed by atoms with van der Waals surface area (Å²) >= 11 is 0. The van der Waals surface area contributed by atoms with E-state index >= 15 is 0 Å². The fourth-order valence-corrected chi connectivity index (χ4v) is 0.0962. The molecule has 0 aliphatic rings. The molecule has 0 aliphatic carbocycles. The largest absolute Gasteiger partial charge is 0.300 e. The Morgan fingerprint density at radius 3 is 2.50 bits per heavy atom. The molecule has 0 bridgehead atoms. The minimum atomic E-state index is -1.25. The van der Waals surface area contributed by atoms with Crippen molar-refractivity contribution in [3.8, 4) is 0 Å². The summed E-state index contributed by atoms with van der Waals surface area (Å²) in [5.41, 5.74) is 0. The van der Waals surface area contributed by atoms with Crippen molar-refractivity contribution in [1.29, 1.82) is 0 Å². The van der Waals surface area contributed by atoms with Gasteiger partial charge in [0, 0.05) is 0 Å². The van der Waals surface area contributed by atoms with E-state index in [0.717, 1.165) is 0 Å². The minimum absolute atomic E-state index is 0.295. The van der Waals surface area contributed by atoms with Crippen LogP contribution in [0, 0.1) is 0 Å². The lowest BCUT2D eigenvalue weighted by Crippen LogP contribution is -1.95. The normalized spacial score (nSPS) is 13.7. The second kappa shape index (κ2) is 2.82. The van der Waals surface area contributed by atoms with Gasteiger partial charge in [0.1, 0.15) is 0 Å². The molecule has 36 valence electrons. The van der Waals surface area contributed by atoms with Crippen molar-refractivity contribution in [3.63, 3.8) is 0 Å². The van der Waals surface area contributed by atoms with Crippen LogP contribution in [-0.2, 0) is 4.79 Å². The fourth-order valence-electron chi connectivity index (χ4n) is 0.0962. The smallest absolute Gasteiger partial charge is 0.155 e. The molecule has 0 fully saturated rings. The highest BCUT2D eigenvalue weighted by atomic mass is 19.1. The second-order valence-corrected chi connectivity index (χ2v) is 1.06. The molecule has 0 aromatic rings. The summed E-state index contributed by atoms with van der Waals surface area (Å²) in [5.74, 6) is 0. The maximum Gasteiger partial charge on any atom is 0.155 e. The van der Waals surface area contributed by atoms with Gasteiger partial charge in [-0.05, 0) is 6.42 Å². The number of carbonyl (C=O) groups excluding carboxylic acids is 1. The third-order valence-corrected chi connectivity index (χ3v) is 0.538. The van der Waals surface area contributed by atoms with E-state index in [2.05, 4.69) is 0 Å². The molecule has 0 N–H and O–H groups in total. The first-order valence-corrected chi connectivity index (χ1v) is 1.90. The number of carbonyl (C=O) groups is 1. The summed E-state index contributed by atoms with van der Waals surface area (Å²) in [6.45, 7) is 1.62. The van der Waals surface area contributed by atoms with Crippen LogP contribution in [0.25, 0.3) is 0 Å². The van der Waals surface area contributed by atoms with Gasteiger partial charge in [0.15, 0.2) is 12.5 Å². The van der Waals surface area contributed by atoms with Gasteiger partial charge < -0.3 is 4.79 Å². The number of aldehydes is 1. The van der Waals surface area contributed by atoms with E-state index in [-0.39, 0.29) is 0 Å². The molecule has 2 heteroatoms. The summed E-state index contributed by atoms with van der Waals surface area (Å²) < 4.78 is 11.5. The topological polar surface area (TPSA) is 17.1 Å². The van der Waals surface area contributed by atoms with Crippen LogP contribution in [0.1, 0.15) is 13.3 Å². The Labute approximate surface area is 36.2 Å². The lowest BCUT2D eigenvalue weighted by Gasteiger charge is -1.85. The van der Waals surface area contributed by atoms with Crippen molar-refractivity contribution < 1.29 is 9.18 Å². The average Bonchev–Trinajstić information content (AvgIpc) is 1.65. The Kier molecular flexibility index (Phi) is 2.63. The van der Waals surface area contributed by atoms with Crippen LogP contribution in [-0.4, -0.2) is 12.5 Å². The van der Waals surface area contributed by atoms with Crippen LogP contribution >= 0.6 is 0 Å². The van der Waals surface area contributed by atoms with E-state index in [1.165, 1.54) is 0 Å². The van der Waals surface area contributed by atoms with Crippen molar-refractivity contribution in [1.82, 2.24) is 0 Å². The van der Waals surface area contributed by atoms with Crippen molar-refractivity contribution in [3.05, 3.63) is 0 Å². The van der Waals surface area contributed by atoms with Gasteiger partial charge in [-0.15, -0.1) is 0 Å². The van der Waals surface area contributed by atoms with Crippen molar-refractivity contribution in [2.75, 3.05) is 0 Å². The molecule has 0 amide bonds. The van der Waals surface area contributed by atoms with Crippen molar-refractivity contribution >= 4 is 6.29 Å². The summed E-state index contributed by atoms with van der Waals surface area (Å²) in [4.78, 5) is 9.36. The van der Waals surface area contributed by atoms with Crippen LogP contribution in [0.15, 0.2) is 0 Å². The third-order valence-electron chi connectivity index (χ3n) is 0.538. The van der Waals surface area contributed by atoms with Crippen molar-refractivity contribution in [2.24, 2.45) is 0 Å². The maximum absolute atomic E-state index is 11.5. The lowest BCUT2D eigenvalue weighted by atomic mass is 10.3. The zero-order chi connectivity index (χ0) is 4.99. The third kappa shape index (κ3) is 1.88. The molecule has 1 nitrogen and oxygen atoms in total. The Morgan fingerprint density at radius 1 is 2.00 bits per heavy atom. The molecule has 0 saturated heterocycles. The summed E-state index contributed by atoms with van der Waals surface area (Å²) in [7, 11) is 0. The molecule has 1 atom stereocenters. The Hall–Kier alpha value is -0.400. The van der Waals surface area contributed by atoms with Crippen LogP contribution in [0.2, 0.25) is 0 Å². The van der Waals surface area contributed by atoms with Gasteiger partial charge in [0.05, 0.1) is 0 Å². The zero-order valence-corrected chi connectivity index (χ0v) is 3.65. The maximum atomic E-state index is 11.5. The van der Waals surface area contributed by atoms with E-state index in [4.69, 9.17) is 0 Å². The molecular formula is C4H7FO. The SMILES string of the molecule is CC[C@H](F)C=O. The Bertz CT molecular complexity index is 44.8. The van der Waals surface area contributed by atoms with E-state index in [1.54, 1.807) is 6.92 Å². The van der Waals surface area contributed by atoms with Gasteiger partial charge in [-0.3, -0.25) is 0 Å². The minimum Gasteiger partial charge on any atom is -0.300 e. The first kappa shape index (κ1) is 5.60. The van der Waals surface area contributed by atoms with Crippen LogP contribution in [0.4, 0.5) is 4.39 Å². The molecule has 0 heterocycles. The number of hydrogen-bond donors (Lipinski definition) is 0. The Balaban J connectivity index is 2.96. The van der Waals surface area contributed by atoms with Crippen molar-refractivity contribution in [2.45, 2.75) is 19.5 Å². The molecule has 0 aromatic carbocycles. The molecule has 0 rings (SSSR count). The standard InChI is InChI=1S/C4H7FO/c1-2-4(5)3-6/h3-4H,2H2,1H3/t4-/m0/s1. The predicted octanol–water partition coefficient (Wildman–Crippen LogP) is 0.933. The zero-order valence-electron chi connectivity index (χ0n) is 3.65. The first-order valence-electron chi connectivity index (χ1n) is 1.90. The van der Waals surface area contributed by atoms with Gasteiger partial charge in [-0.1, -0.05) is 6.92 Å². The number of rotatable bonds is 2. The molecule has 0 aliphatic heterocycles. The lowest BCUT2D eigenvalue weighted by molar-refractivity contribution is -0.112. The summed E-state index contributed by atoms with van der Waals surface area (Å²) in [5, 5.41) is 0. The van der Waals surface area contributed by atoms with Gasteiger partial charge in [0.2, 0.25) is 0 Å². The number of alkyl halides is 1. The van der Waals surface area contributed by atoms with Gasteiger partial charge in [-0.2, -0.15) is 0 Å². The highest BCUT2D eigenvalue weighted by Crippen LogP contribution is 1.88. The molecule has 6 heavy (non-hydrogen) atoms. The van der Waals surface area contributed by atoms with Crippen LogP contribution in [0.3, 0.4) is 0 Å². The van der Waals surface area contributed by atoms with Gasteiger partial charge in [0.25, 0.3) is 0 Å². The second-order valence-electron chi connectivity index (χ2n) is 1.06. The predicted molar refractivity (Wildman–Crippen MR) is 21.3 cm³/mol. The number of halogens is 1. The Morgan fingerprint density at radius 2 is 2.50 bits per heavy atom. The van der Waals surface area contributed by atoms with E-state index < -0.39 is 6.17 Å². The molecule has 0 spiro atoms. The quantitative estimate of drug-likeness (QED) is 0.461. The average molecular weight is 90.1 g/mol. The van der Waals surface area contributed by atoms with E-state index in [9.17, 15) is 9.18 Å². The summed E-state index contributed by atoms with van der Waals surface area (Å²) in [6.07, 6.45) is -0.645. The molecule has 0 aromatic heterocycles. The highest BCUT2D eigenvalue weighted by Gasteiger charge is 1.94. The van der Waals surface area contributed by atoms with Crippen LogP contribution < -0.4 is 0 Å². The van der Waals surface area contributed by atoms with Gasteiger partial charge in [-0.25, -0.2) is 4.39 Å². The number of hydrogen-bond acceptors (Lipinski definition) is 1. The molecule has 0 radical (unpaired) electrons. The highest BCUT2D eigenvalue weighted by molar-refractivity contribution is 5.55. The molecule has 0 unspecified atom stereocenters. The van der Waals surface area contributed by atoms with E-state index in [1.807, 2.05) is 0 Å². The fraction of sp³-hybridized carbons (Fsp3) is 0.750. The summed E-state index contributed by atoms with van der Waals surface area (Å²) in [6, 6.07) is 0. The first-order chi connectivity index (χ1) is 2.81. The van der Waals surface area contributed by atoms with E-state index in [0.29, 0.717) is 12.7 Å². The van der Waals surface area contributed by atoms with Crippen LogP contribution in [0.5, 0.6) is 0 Å². The molecular weight excluding hydrogens is 83.0 g/mol. The van der Waals surface area contributed by atoms with Gasteiger partial charge >= 0.3 is 0 Å².